The monoisotopic (exact) mass is 464 g/mol. The minimum atomic E-state index is -0.942. The molecular formula is C21H17FN8O4. The van der Waals surface area contributed by atoms with Crippen molar-refractivity contribution in [3.05, 3.63) is 72.4 Å². The lowest BCUT2D eigenvalue weighted by Gasteiger charge is -2.15. The molecule has 2 aromatic carbocycles. The van der Waals surface area contributed by atoms with E-state index in [1.54, 1.807) is 6.07 Å². The molecule has 4 rings (SSSR count). The van der Waals surface area contributed by atoms with Crippen LogP contribution in [0.1, 0.15) is 5.56 Å². The highest BCUT2D eigenvalue weighted by molar-refractivity contribution is 5.93. The Bertz CT molecular complexity index is 1350. The molecule has 0 aliphatic heterocycles. The topological polar surface area (TPSA) is 154 Å². The number of aromatic hydroxyl groups is 1. The summed E-state index contributed by atoms with van der Waals surface area (Å²) >= 11 is 0. The molecule has 0 spiro atoms. The van der Waals surface area contributed by atoms with Crippen molar-refractivity contribution in [3.8, 4) is 28.8 Å². The van der Waals surface area contributed by atoms with Crippen molar-refractivity contribution in [3.63, 3.8) is 0 Å². The lowest BCUT2D eigenvalue weighted by atomic mass is 10.2. The van der Waals surface area contributed by atoms with E-state index >= 15 is 0 Å². The number of pyridine rings is 1. The lowest BCUT2D eigenvalue weighted by Crippen LogP contribution is -2.31. The van der Waals surface area contributed by atoms with Gasteiger partial charge in [-0.05, 0) is 52.4 Å². The maximum absolute atomic E-state index is 14.8. The van der Waals surface area contributed by atoms with Crippen LogP contribution >= 0.6 is 0 Å². The zero-order valence-electron chi connectivity index (χ0n) is 17.6. The van der Waals surface area contributed by atoms with Gasteiger partial charge < -0.3 is 20.3 Å². The highest BCUT2D eigenvalue weighted by atomic mass is 19.1. The predicted molar refractivity (Wildman–Crippen MR) is 118 cm³/mol. The SMILES string of the molecule is COc1ccc(/C=N/N(C(N)=O)c2ccc(Oc3ccnc(-n4cnnn4)c3)c(F)c2)cc1O. The van der Waals surface area contributed by atoms with Gasteiger partial charge in [0.25, 0.3) is 0 Å². The number of phenolic OH excluding ortho intramolecular Hbond substituents is 1. The fraction of sp³-hybridized carbons (Fsp3) is 0.0476. The molecule has 0 saturated heterocycles. The number of halogens is 1. The molecule has 0 saturated carbocycles. The van der Waals surface area contributed by atoms with Gasteiger partial charge in [0.05, 0.1) is 19.0 Å². The number of methoxy groups -OCH3 is 1. The molecule has 0 aliphatic carbocycles. The largest absolute Gasteiger partial charge is 0.504 e. The van der Waals surface area contributed by atoms with Crippen LogP contribution in [-0.2, 0) is 0 Å². The number of carbonyl (C=O) groups is 1. The first-order valence-electron chi connectivity index (χ1n) is 9.62. The Hall–Kier alpha value is -5.07. The van der Waals surface area contributed by atoms with E-state index in [0.29, 0.717) is 11.4 Å². The zero-order chi connectivity index (χ0) is 24.1. The number of carbonyl (C=O) groups excluding carboxylic acids is 1. The second kappa shape index (κ2) is 9.60. The molecule has 0 bridgehead atoms. The van der Waals surface area contributed by atoms with E-state index in [1.807, 2.05) is 0 Å². The average Bonchev–Trinajstić information content (AvgIpc) is 3.36. The third kappa shape index (κ3) is 4.88. The third-order valence-electron chi connectivity index (χ3n) is 4.42. The Balaban J connectivity index is 1.54. The summed E-state index contributed by atoms with van der Waals surface area (Å²) in [6, 6.07) is 10.4. The number of amides is 2. The first-order valence-corrected chi connectivity index (χ1v) is 9.62. The maximum Gasteiger partial charge on any atom is 0.340 e. The van der Waals surface area contributed by atoms with Gasteiger partial charge in [-0.3, -0.25) is 0 Å². The molecule has 13 heteroatoms. The fourth-order valence-electron chi connectivity index (χ4n) is 2.85. The molecule has 4 aromatic rings. The standard InChI is InChI=1S/C21H17FN8O4/c1-33-19-4-2-13(8-17(19)31)11-26-30(21(23)32)14-3-5-18(16(22)9-14)34-15-6-7-24-20(10-15)29-12-25-27-28-29/h2-12,31H,1H3,(H2,23,32)/b26-11+. The van der Waals surface area contributed by atoms with E-state index in [0.717, 1.165) is 11.1 Å². The van der Waals surface area contributed by atoms with E-state index < -0.39 is 11.8 Å². The van der Waals surface area contributed by atoms with Crippen LogP contribution in [0.15, 0.2) is 66.2 Å². The summed E-state index contributed by atoms with van der Waals surface area (Å²) in [5, 5.41) is 25.5. The fourth-order valence-corrected chi connectivity index (χ4v) is 2.85. The minimum absolute atomic E-state index is 0.0652. The number of urea groups is 1. The summed E-state index contributed by atoms with van der Waals surface area (Å²) in [6.07, 6.45) is 4.09. The molecule has 172 valence electrons. The molecule has 0 atom stereocenters. The molecule has 2 heterocycles. The number of primary amides is 1. The Morgan fingerprint density at radius 1 is 1.21 bits per heavy atom. The first kappa shape index (κ1) is 22.1. The van der Waals surface area contributed by atoms with Gasteiger partial charge in [0.15, 0.2) is 28.9 Å². The number of anilines is 1. The molecule has 2 amide bonds. The van der Waals surface area contributed by atoms with Gasteiger partial charge >= 0.3 is 6.03 Å². The van der Waals surface area contributed by atoms with E-state index in [4.69, 9.17) is 15.2 Å². The van der Waals surface area contributed by atoms with Crippen LogP contribution in [0.3, 0.4) is 0 Å². The van der Waals surface area contributed by atoms with Crippen LogP contribution in [0.25, 0.3) is 5.82 Å². The Morgan fingerprint density at radius 2 is 2.03 bits per heavy atom. The second-order valence-electron chi connectivity index (χ2n) is 6.65. The van der Waals surface area contributed by atoms with Crippen molar-refractivity contribution in [1.82, 2.24) is 25.2 Å². The Kier molecular flexibility index (Phi) is 6.25. The summed E-state index contributed by atoms with van der Waals surface area (Å²) in [5.41, 5.74) is 5.93. The van der Waals surface area contributed by atoms with Crippen molar-refractivity contribution >= 4 is 17.9 Å². The molecule has 0 fully saturated rings. The number of hydrazone groups is 1. The number of nitrogens with two attached hydrogens (primary N) is 1. The van der Waals surface area contributed by atoms with Gasteiger partial charge in [0.2, 0.25) is 0 Å². The number of hydrogen-bond donors (Lipinski definition) is 2. The van der Waals surface area contributed by atoms with E-state index in [1.165, 1.54) is 66.9 Å². The molecule has 0 unspecified atom stereocenters. The molecular weight excluding hydrogens is 447 g/mol. The maximum atomic E-state index is 14.8. The van der Waals surface area contributed by atoms with Gasteiger partial charge in [-0.15, -0.1) is 5.10 Å². The molecule has 3 N–H and O–H groups in total. The molecule has 0 aliphatic rings. The van der Waals surface area contributed by atoms with Crippen LogP contribution in [0, 0.1) is 5.82 Å². The number of rotatable bonds is 7. The number of benzene rings is 2. The van der Waals surface area contributed by atoms with Crippen LogP contribution in [0.5, 0.6) is 23.0 Å². The Labute approximate surface area is 191 Å². The quantitative estimate of drug-likeness (QED) is 0.312. The van der Waals surface area contributed by atoms with Crippen molar-refractivity contribution in [2.75, 3.05) is 12.1 Å². The third-order valence-corrected chi connectivity index (χ3v) is 4.42. The van der Waals surface area contributed by atoms with Crippen molar-refractivity contribution in [1.29, 1.82) is 0 Å². The van der Waals surface area contributed by atoms with Gasteiger partial charge in [-0.2, -0.15) is 14.8 Å². The number of nitrogens with zero attached hydrogens (tertiary/aromatic N) is 7. The average molecular weight is 464 g/mol. The molecule has 34 heavy (non-hydrogen) atoms. The summed E-state index contributed by atoms with van der Waals surface area (Å²) in [4.78, 5) is 16.0. The molecule has 2 aromatic heterocycles. The van der Waals surface area contributed by atoms with Crippen molar-refractivity contribution < 1.29 is 23.8 Å². The van der Waals surface area contributed by atoms with Gasteiger partial charge in [-0.25, -0.2) is 14.2 Å². The predicted octanol–water partition coefficient (Wildman–Crippen LogP) is 2.62. The van der Waals surface area contributed by atoms with E-state index in [2.05, 4.69) is 25.6 Å². The Morgan fingerprint density at radius 3 is 2.71 bits per heavy atom. The van der Waals surface area contributed by atoms with Crippen LogP contribution in [0.2, 0.25) is 0 Å². The van der Waals surface area contributed by atoms with Gasteiger partial charge in [0.1, 0.15) is 12.1 Å². The lowest BCUT2D eigenvalue weighted by molar-refractivity contribution is 0.254. The number of aromatic nitrogens is 5. The highest BCUT2D eigenvalue weighted by Crippen LogP contribution is 2.29. The van der Waals surface area contributed by atoms with E-state index in [9.17, 15) is 14.3 Å². The molecule has 12 nitrogen and oxygen atoms in total. The van der Waals surface area contributed by atoms with Crippen LogP contribution < -0.4 is 20.2 Å². The minimum Gasteiger partial charge on any atom is -0.504 e. The second-order valence-corrected chi connectivity index (χ2v) is 6.65. The van der Waals surface area contributed by atoms with Crippen molar-refractivity contribution in [2.24, 2.45) is 10.8 Å². The zero-order valence-corrected chi connectivity index (χ0v) is 17.6. The highest BCUT2D eigenvalue weighted by Gasteiger charge is 2.15. The van der Waals surface area contributed by atoms with Gasteiger partial charge in [-0.1, -0.05) is 0 Å². The summed E-state index contributed by atoms with van der Waals surface area (Å²) in [7, 11) is 1.42. The number of ether oxygens (including phenoxy) is 2. The summed E-state index contributed by atoms with van der Waals surface area (Å²) in [6.45, 7) is 0. The van der Waals surface area contributed by atoms with Gasteiger partial charge in [0, 0.05) is 18.3 Å². The number of phenols is 1. The summed E-state index contributed by atoms with van der Waals surface area (Å²) < 4.78 is 26.7. The van der Waals surface area contributed by atoms with Crippen LogP contribution in [0.4, 0.5) is 14.9 Å². The van der Waals surface area contributed by atoms with Crippen molar-refractivity contribution in [2.45, 2.75) is 0 Å². The molecule has 0 radical (unpaired) electrons. The number of tetrazole rings is 1. The summed E-state index contributed by atoms with van der Waals surface area (Å²) in [5.74, 6) is -0.0349. The van der Waals surface area contributed by atoms with Crippen LogP contribution in [-0.4, -0.2) is 49.7 Å². The first-order chi connectivity index (χ1) is 16.4. The number of hydrogen-bond acceptors (Lipinski definition) is 9. The smallest absolute Gasteiger partial charge is 0.340 e. The van der Waals surface area contributed by atoms with E-state index in [-0.39, 0.29) is 28.7 Å². The normalized spacial score (nSPS) is 10.9.